The molecule has 2 aliphatic rings. The number of carbonyl (C=O) groups excluding carboxylic acids is 2. The molecular weight excluding hydrogens is 390 g/mol. The van der Waals surface area contributed by atoms with E-state index < -0.39 is 0 Å². The van der Waals surface area contributed by atoms with Gasteiger partial charge in [-0.05, 0) is 43.7 Å². The van der Waals surface area contributed by atoms with Gasteiger partial charge in [0.2, 0.25) is 5.91 Å². The molecule has 29 heavy (non-hydrogen) atoms. The average molecular weight is 414 g/mol. The van der Waals surface area contributed by atoms with Gasteiger partial charge in [0, 0.05) is 53.7 Å². The molecule has 152 valence electrons. The third-order valence-electron chi connectivity index (χ3n) is 5.46. The number of ether oxygens (including phenoxy) is 1. The van der Waals surface area contributed by atoms with Crippen LogP contribution in [0.4, 0.5) is 11.4 Å². The molecule has 2 heterocycles. The fourth-order valence-electron chi connectivity index (χ4n) is 3.96. The first kappa shape index (κ1) is 19.7. The zero-order chi connectivity index (χ0) is 20.5. The Hall–Kier alpha value is -2.57. The van der Waals surface area contributed by atoms with Gasteiger partial charge in [0.1, 0.15) is 5.75 Å². The van der Waals surface area contributed by atoms with Crippen LogP contribution in [0.15, 0.2) is 36.4 Å². The highest BCUT2D eigenvalue weighted by Crippen LogP contribution is 2.29. The molecule has 0 unspecified atom stereocenters. The third-order valence-corrected chi connectivity index (χ3v) is 5.89. The minimum absolute atomic E-state index is 0.0720. The fourth-order valence-corrected chi connectivity index (χ4v) is 4.08. The minimum Gasteiger partial charge on any atom is -0.426 e. The van der Waals surface area contributed by atoms with Crippen LogP contribution in [0.2, 0.25) is 5.02 Å². The second-order valence-electron chi connectivity index (χ2n) is 7.73. The van der Waals surface area contributed by atoms with Crippen LogP contribution in [0.1, 0.15) is 18.1 Å². The minimum atomic E-state index is -0.258. The van der Waals surface area contributed by atoms with E-state index in [0.29, 0.717) is 24.4 Å². The standard InChI is InChI=1S/C22H24ClN3O3/c1-14-9-18(5-6-19(14)23)26-8-7-25(12-15(26)2)13-21(27)24-17-4-3-16-10-22(28)29-20(16)11-17/h3-6,9,11,15H,7-8,10,12-13H2,1-2H3,(H,24,27)/t15-/m1/s1. The van der Waals surface area contributed by atoms with Crippen molar-refractivity contribution in [1.82, 2.24) is 4.90 Å². The molecule has 0 spiro atoms. The molecular formula is C22H24ClN3O3. The number of rotatable bonds is 4. The van der Waals surface area contributed by atoms with Gasteiger partial charge in [0.05, 0.1) is 13.0 Å². The predicted molar refractivity (Wildman–Crippen MR) is 114 cm³/mol. The highest BCUT2D eigenvalue weighted by atomic mass is 35.5. The van der Waals surface area contributed by atoms with Crippen LogP contribution in [0.5, 0.6) is 5.75 Å². The molecule has 1 amide bonds. The average Bonchev–Trinajstić information content (AvgIpc) is 3.03. The number of hydrogen-bond donors (Lipinski definition) is 1. The normalized spacial score (nSPS) is 19.1. The smallest absolute Gasteiger partial charge is 0.315 e. The van der Waals surface area contributed by atoms with E-state index in [1.807, 2.05) is 25.1 Å². The molecule has 0 aliphatic carbocycles. The molecule has 0 aromatic heterocycles. The maximum atomic E-state index is 12.5. The van der Waals surface area contributed by atoms with E-state index in [1.165, 1.54) is 0 Å². The number of nitrogens with zero attached hydrogens (tertiary/aromatic N) is 2. The van der Waals surface area contributed by atoms with E-state index in [1.54, 1.807) is 6.07 Å². The van der Waals surface area contributed by atoms with Crippen molar-refractivity contribution in [2.75, 3.05) is 36.4 Å². The number of esters is 1. The Bertz CT molecular complexity index is 962. The molecule has 1 fully saturated rings. The van der Waals surface area contributed by atoms with Crippen molar-refractivity contribution in [3.05, 3.63) is 52.5 Å². The first-order valence-electron chi connectivity index (χ1n) is 9.77. The van der Waals surface area contributed by atoms with Gasteiger partial charge in [-0.25, -0.2) is 0 Å². The van der Waals surface area contributed by atoms with Gasteiger partial charge in [-0.2, -0.15) is 0 Å². The number of amides is 1. The Labute approximate surface area is 175 Å². The SMILES string of the molecule is Cc1cc(N2CCN(CC(=O)Nc3ccc4c(c3)OC(=O)C4)C[C@H]2C)ccc1Cl. The van der Waals surface area contributed by atoms with Gasteiger partial charge in [0.15, 0.2) is 0 Å². The summed E-state index contributed by atoms with van der Waals surface area (Å²) in [7, 11) is 0. The summed E-state index contributed by atoms with van der Waals surface area (Å²) in [5.74, 6) is 0.205. The quantitative estimate of drug-likeness (QED) is 0.615. The lowest BCUT2D eigenvalue weighted by Gasteiger charge is -2.41. The number of hydrogen-bond acceptors (Lipinski definition) is 5. The Balaban J connectivity index is 1.33. The van der Waals surface area contributed by atoms with Crippen molar-refractivity contribution >= 4 is 34.9 Å². The molecule has 1 saturated heterocycles. The molecule has 2 aliphatic heterocycles. The summed E-state index contributed by atoms with van der Waals surface area (Å²) in [5.41, 5.74) is 3.73. The van der Waals surface area contributed by atoms with Gasteiger partial charge in [-0.15, -0.1) is 0 Å². The maximum Gasteiger partial charge on any atom is 0.315 e. The topological polar surface area (TPSA) is 61.9 Å². The Morgan fingerprint density at radius 2 is 2.07 bits per heavy atom. The number of piperazine rings is 1. The lowest BCUT2D eigenvalue weighted by Crippen LogP contribution is -2.53. The summed E-state index contributed by atoms with van der Waals surface area (Å²) >= 11 is 6.15. The fraction of sp³-hybridized carbons (Fsp3) is 0.364. The lowest BCUT2D eigenvalue weighted by atomic mass is 10.1. The Kier molecular flexibility index (Phi) is 5.48. The number of benzene rings is 2. The van der Waals surface area contributed by atoms with E-state index in [9.17, 15) is 9.59 Å². The zero-order valence-electron chi connectivity index (χ0n) is 16.6. The van der Waals surface area contributed by atoms with E-state index in [4.69, 9.17) is 16.3 Å². The van der Waals surface area contributed by atoms with Crippen LogP contribution in [0, 0.1) is 6.92 Å². The van der Waals surface area contributed by atoms with Crippen molar-refractivity contribution in [2.24, 2.45) is 0 Å². The second kappa shape index (κ2) is 8.05. The number of carbonyl (C=O) groups is 2. The van der Waals surface area contributed by atoms with Crippen molar-refractivity contribution in [3.63, 3.8) is 0 Å². The van der Waals surface area contributed by atoms with Crippen LogP contribution >= 0.6 is 11.6 Å². The zero-order valence-corrected chi connectivity index (χ0v) is 17.3. The van der Waals surface area contributed by atoms with Gasteiger partial charge < -0.3 is 15.0 Å². The summed E-state index contributed by atoms with van der Waals surface area (Å²) in [4.78, 5) is 28.4. The number of aryl methyl sites for hydroxylation is 1. The first-order valence-corrected chi connectivity index (χ1v) is 10.2. The molecule has 1 N–H and O–H groups in total. The number of nitrogens with one attached hydrogen (secondary N) is 1. The molecule has 4 rings (SSSR count). The molecule has 2 aromatic rings. The summed E-state index contributed by atoms with van der Waals surface area (Å²) in [6.07, 6.45) is 0.291. The predicted octanol–water partition coefficient (Wildman–Crippen LogP) is 3.26. The molecule has 0 saturated carbocycles. The summed E-state index contributed by atoms with van der Waals surface area (Å²) in [6, 6.07) is 11.7. The monoisotopic (exact) mass is 413 g/mol. The van der Waals surface area contributed by atoms with Crippen LogP contribution in [0.25, 0.3) is 0 Å². The van der Waals surface area contributed by atoms with Crippen molar-refractivity contribution in [1.29, 1.82) is 0 Å². The molecule has 6 nitrogen and oxygen atoms in total. The summed E-state index contributed by atoms with van der Waals surface area (Å²) < 4.78 is 5.15. The van der Waals surface area contributed by atoms with E-state index in [2.05, 4.69) is 34.2 Å². The number of anilines is 2. The summed E-state index contributed by atoms with van der Waals surface area (Å²) in [5, 5.41) is 3.68. The second-order valence-corrected chi connectivity index (χ2v) is 8.14. The molecule has 0 bridgehead atoms. The van der Waals surface area contributed by atoms with Crippen LogP contribution < -0.4 is 15.0 Å². The lowest BCUT2D eigenvalue weighted by molar-refractivity contribution is -0.131. The van der Waals surface area contributed by atoms with Crippen molar-refractivity contribution in [3.8, 4) is 5.75 Å². The molecule has 2 aromatic carbocycles. The third kappa shape index (κ3) is 4.38. The largest absolute Gasteiger partial charge is 0.426 e. The van der Waals surface area contributed by atoms with Gasteiger partial charge in [0.25, 0.3) is 0 Å². The van der Waals surface area contributed by atoms with E-state index in [-0.39, 0.29) is 17.9 Å². The first-order chi connectivity index (χ1) is 13.9. The highest BCUT2D eigenvalue weighted by molar-refractivity contribution is 6.31. The van der Waals surface area contributed by atoms with Crippen LogP contribution in [-0.2, 0) is 16.0 Å². The molecule has 0 radical (unpaired) electrons. The van der Waals surface area contributed by atoms with E-state index in [0.717, 1.165) is 41.5 Å². The number of fused-ring (bicyclic) bond motifs is 1. The molecule has 1 atom stereocenters. The van der Waals surface area contributed by atoms with Crippen LogP contribution in [0.3, 0.4) is 0 Å². The highest BCUT2D eigenvalue weighted by Gasteiger charge is 2.26. The van der Waals surface area contributed by atoms with Crippen LogP contribution in [-0.4, -0.2) is 49.0 Å². The Morgan fingerprint density at radius 3 is 2.83 bits per heavy atom. The van der Waals surface area contributed by atoms with Gasteiger partial charge >= 0.3 is 5.97 Å². The molecule has 7 heteroatoms. The Morgan fingerprint density at radius 1 is 1.24 bits per heavy atom. The summed E-state index contributed by atoms with van der Waals surface area (Å²) in [6.45, 7) is 6.97. The van der Waals surface area contributed by atoms with Gasteiger partial charge in [-0.1, -0.05) is 17.7 Å². The van der Waals surface area contributed by atoms with Crippen molar-refractivity contribution in [2.45, 2.75) is 26.3 Å². The number of halogens is 1. The van der Waals surface area contributed by atoms with Crippen molar-refractivity contribution < 1.29 is 14.3 Å². The van der Waals surface area contributed by atoms with E-state index >= 15 is 0 Å². The maximum absolute atomic E-state index is 12.5. The van der Waals surface area contributed by atoms with Gasteiger partial charge in [-0.3, -0.25) is 14.5 Å².